The molecule has 0 saturated heterocycles. The zero-order valence-electron chi connectivity index (χ0n) is 20.0. The largest absolute Gasteiger partial charge is 0.478 e. The van der Waals surface area contributed by atoms with Crippen LogP contribution in [0, 0.1) is 0 Å². The number of ether oxygens (including phenoxy) is 1. The summed E-state index contributed by atoms with van der Waals surface area (Å²) in [5.74, 6) is -0.327. The summed E-state index contributed by atoms with van der Waals surface area (Å²) < 4.78 is 7.76. The molecule has 1 N–H and O–H groups in total. The number of benzene rings is 2. The number of rotatable bonds is 9. The summed E-state index contributed by atoms with van der Waals surface area (Å²) in [7, 11) is 0. The number of hydrogen-bond acceptors (Lipinski definition) is 4. The first-order valence-corrected chi connectivity index (χ1v) is 12.3. The van der Waals surface area contributed by atoms with E-state index in [1.54, 1.807) is 23.0 Å². The Morgan fingerprint density at radius 3 is 2.61 bits per heavy atom. The van der Waals surface area contributed by atoms with Gasteiger partial charge in [-0.15, -0.1) is 0 Å². The van der Waals surface area contributed by atoms with Gasteiger partial charge in [-0.1, -0.05) is 54.6 Å². The zero-order valence-corrected chi connectivity index (χ0v) is 20.0. The highest BCUT2D eigenvalue weighted by molar-refractivity contribution is 5.75. The van der Waals surface area contributed by atoms with E-state index >= 15 is 0 Å². The number of hydrogen-bond donors (Lipinski definition) is 1. The predicted octanol–water partition coefficient (Wildman–Crippen LogP) is 5.43. The Hall–Kier alpha value is -4.19. The SMILES string of the molecule is O=C(O)C(C=CCn1cc(C(c2ccccc2)c2cccnc2)cn1)Oc1cccc2c1CCCC2. The third-order valence-corrected chi connectivity index (χ3v) is 6.59. The van der Waals surface area contributed by atoms with Crippen molar-refractivity contribution in [2.45, 2.75) is 44.2 Å². The summed E-state index contributed by atoms with van der Waals surface area (Å²) in [6.45, 7) is 0.439. The van der Waals surface area contributed by atoms with E-state index in [0.717, 1.165) is 47.9 Å². The molecule has 2 atom stereocenters. The Kier molecular flexibility index (Phi) is 7.22. The maximum Gasteiger partial charge on any atom is 0.349 e. The van der Waals surface area contributed by atoms with Crippen molar-refractivity contribution in [1.29, 1.82) is 0 Å². The van der Waals surface area contributed by atoms with Crippen LogP contribution in [-0.2, 0) is 24.2 Å². The molecule has 2 aromatic heterocycles. The minimum Gasteiger partial charge on any atom is -0.478 e. The summed E-state index contributed by atoms with van der Waals surface area (Å²) in [5, 5.41) is 14.3. The second-order valence-electron chi connectivity index (χ2n) is 9.03. The van der Waals surface area contributed by atoms with Crippen molar-refractivity contribution in [2.75, 3.05) is 0 Å². The number of fused-ring (bicyclic) bond motifs is 1. The van der Waals surface area contributed by atoms with Crippen LogP contribution >= 0.6 is 0 Å². The number of carbonyl (C=O) groups is 1. The predicted molar refractivity (Wildman–Crippen MR) is 138 cm³/mol. The Balaban J connectivity index is 1.31. The van der Waals surface area contributed by atoms with E-state index in [4.69, 9.17) is 4.74 Å². The molecule has 0 aliphatic heterocycles. The fraction of sp³-hybridized carbons (Fsp3) is 0.233. The van der Waals surface area contributed by atoms with E-state index < -0.39 is 12.1 Å². The van der Waals surface area contributed by atoms with E-state index in [1.165, 1.54) is 5.56 Å². The lowest BCUT2D eigenvalue weighted by Gasteiger charge is -2.21. The Morgan fingerprint density at radius 1 is 0.972 bits per heavy atom. The average Bonchev–Trinajstić information content (AvgIpc) is 3.38. The van der Waals surface area contributed by atoms with Crippen molar-refractivity contribution < 1.29 is 14.6 Å². The fourth-order valence-electron chi connectivity index (χ4n) is 4.86. The topological polar surface area (TPSA) is 77.2 Å². The Bertz CT molecular complexity index is 1290. The van der Waals surface area contributed by atoms with Gasteiger partial charge in [-0.3, -0.25) is 9.67 Å². The van der Waals surface area contributed by atoms with Crippen LogP contribution in [0.15, 0.2) is 97.6 Å². The molecule has 2 unspecified atom stereocenters. The minimum atomic E-state index is -1.05. The number of aromatic nitrogens is 3. The molecule has 6 nitrogen and oxygen atoms in total. The summed E-state index contributed by atoms with van der Waals surface area (Å²) in [5.41, 5.74) is 5.69. The molecule has 6 heteroatoms. The van der Waals surface area contributed by atoms with Crippen LogP contribution in [0.4, 0.5) is 0 Å². The van der Waals surface area contributed by atoms with Gasteiger partial charge in [0.05, 0.1) is 12.7 Å². The Labute approximate surface area is 210 Å². The number of nitrogens with zero attached hydrogens (tertiary/aromatic N) is 3. The van der Waals surface area contributed by atoms with Gasteiger partial charge in [0.2, 0.25) is 6.10 Å². The molecule has 2 aromatic carbocycles. The van der Waals surface area contributed by atoms with Crippen molar-refractivity contribution in [1.82, 2.24) is 14.8 Å². The summed E-state index contributed by atoms with van der Waals surface area (Å²) in [4.78, 5) is 16.2. The van der Waals surface area contributed by atoms with E-state index in [0.29, 0.717) is 12.3 Å². The number of aliphatic carboxylic acids is 1. The molecule has 0 spiro atoms. The quantitative estimate of drug-likeness (QED) is 0.324. The second kappa shape index (κ2) is 11.0. The zero-order chi connectivity index (χ0) is 24.7. The normalized spacial score (nSPS) is 14.8. The lowest BCUT2D eigenvalue weighted by atomic mass is 9.88. The van der Waals surface area contributed by atoms with Crippen molar-refractivity contribution >= 4 is 5.97 Å². The molecule has 0 radical (unpaired) electrons. The highest BCUT2D eigenvalue weighted by Gasteiger charge is 2.21. The van der Waals surface area contributed by atoms with Gasteiger partial charge in [-0.2, -0.15) is 5.10 Å². The molecule has 2 heterocycles. The molecule has 0 bridgehead atoms. The second-order valence-corrected chi connectivity index (χ2v) is 9.03. The molecule has 36 heavy (non-hydrogen) atoms. The van der Waals surface area contributed by atoms with Crippen LogP contribution < -0.4 is 4.74 Å². The maximum atomic E-state index is 11.9. The van der Waals surface area contributed by atoms with Crippen LogP contribution in [0.1, 0.15) is 46.6 Å². The maximum absolute atomic E-state index is 11.9. The monoisotopic (exact) mass is 479 g/mol. The number of allylic oxidation sites excluding steroid dienone is 1. The third-order valence-electron chi connectivity index (χ3n) is 6.59. The van der Waals surface area contributed by atoms with Crippen LogP contribution in [0.5, 0.6) is 5.75 Å². The van der Waals surface area contributed by atoms with Crippen molar-refractivity contribution in [3.05, 3.63) is 125 Å². The molecule has 5 rings (SSSR count). The van der Waals surface area contributed by atoms with E-state index in [-0.39, 0.29) is 5.92 Å². The number of carboxylic acid groups (broad SMARTS) is 1. The molecule has 1 aliphatic rings. The summed E-state index contributed by atoms with van der Waals surface area (Å²) in [6, 6.07) is 20.2. The summed E-state index contributed by atoms with van der Waals surface area (Å²) >= 11 is 0. The fourth-order valence-corrected chi connectivity index (χ4v) is 4.86. The van der Waals surface area contributed by atoms with Gasteiger partial charge < -0.3 is 9.84 Å². The first-order chi connectivity index (χ1) is 17.7. The van der Waals surface area contributed by atoms with Crippen LogP contribution in [0.2, 0.25) is 0 Å². The molecule has 0 amide bonds. The Morgan fingerprint density at radius 2 is 1.81 bits per heavy atom. The van der Waals surface area contributed by atoms with Gasteiger partial charge in [0.1, 0.15) is 5.75 Å². The highest BCUT2D eigenvalue weighted by atomic mass is 16.5. The van der Waals surface area contributed by atoms with Crippen LogP contribution in [-0.4, -0.2) is 31.9 Å². The lowest BCUT2D eigenvalue weighted by molar-refractivity contribution is -0.142. The first kappa shape index (κ1) is 23.5. The van der Waals surface area contributed by atoms with Gasteiger partial charge >= 0.3 is 5.97 Å². The molecular formula is C30H29N3O3. The number of pyridine rings is 1. The van der Waals surface area contributed by atoms with Gasteiger partial charge in [0.25, 0.3) is 0 Å². The molecule has 182 valence electrons. The molecule has 0 saturated carbocycles. The number of aryl methyl sites for hydroxylation is 1. The van der Waals surface area contributed by atoms with E-state index in [2.05, 4.69) is 34.3 Å². The van der Waals surface area contributed by atoms with Gasteiger partial charge in [-0.25, -0.2) is 4.79 Å². The molecular weight excluding hydrogens is 450 g/mol. The first-order valence-electron chi connectivity index (χ1n) is 12.3. The smallest absolute Gasteiger partial charge is 0.349 e. The standard InChI is InChI=1S/C30H29N3O3/c34-30(35)28(36-27-15-6-12-22-9-4-5-14-26(22)27)16-8-18-33-21-25(20-32-33)29(23-10-2-1-3-11-23)24-13-7-17-31-19-24/h1-3,6-8,10-13,15-17,19-21,28-29H,4-5,9,14,18H2,(H,34,35). The van der Waals surface area contributed by atoms with Gasteiger partial charge in [0, 0.05) is 30.1 Å². The number of carboxylic acids is 1. The van der Waals surface area contributed by atoms with Gasteiger partial charge in [-0.05, 0) is 66.1 Å². The molecule has 1 aliphatic carbocycles. The lowest BCUT2D eigenvalue weighted by Crippen LogP contribution is -2.25. The third kappa shape index (κ3) is 5.38. The highest BCUT2D eigenvalue weighted by Crippen LogP contribution is 2.32. The minimum absolute atomic E-state index is 0.0111. The van der Waals surface area contributed by atoms with Crippen molar-refractivity contribution in [3.63, 3.8) is 0 Å². The van der Waals surface area contributed by atoms with Crippen molar-refractivity contribution in [3.8, 4) is 5.75 Å². The van der Waals surface area contributed by atoms with Crippen molar-refractivity contribution in [2.24, 2.45) is 0 Å². The van der Waals surface area contributed by atoms with E-state index in [1.807, 2.05) is 55.0 Å². The molecule has 0 fully saturated rings. The van der Waals surface area contributed by atoms with Crippen LogP contribution in [0.25, 0.3) is 0 Å². The average molecular weight is 480 g/mol. The van der Waals surface area contributed by atoms with Gasteiger partial charge in [0.15, 0.2) is 0 Å². The molecule has 4 aromatic rings. The van der Waals surface area contributed by atoms with Crippen LogP contribution in [0.3, 0.4) is 0 Å². The summed E-state index contributed by atoms with van der Waals surface area (Å²) in [6.07, 6.45) is 14.1. The van der Waals surface area contributed by atoms with E-state index in [9.17, 15) is 9.90 Å².